The van der Waals surface area contributed by atoms with E-state index in [2.05, 4.69) is 39.6 Å². The molecule has 0 aromatic rings. The molecule has 8 aliphatic rings. The SMILES string of the molecule is C.CC(=O)O.CC1(C)CCCC(C)(C)N1O.CC1(C)CCCC(C)(C)[N+]1=O.CC=O.CCO.CCO.CCO.C[C@]1(O)C(CO)O[C@@H](O[C@@H]2C3COC2[C@@H](O)[C@H](O)O3)[C@@H](O)[C@H]1O.Cl.O.O.O=C(O)C1O[C@@H](O[C@@H]2C3COC2[C@@H](O)[C@H](O)O3)[C@@H](O)[C@@H](O)[C@H]1O.OBr.OCl.[B].[H-].[Na+]. The van der Waals surface area contributed by atoms with Gasteiger partial charge in [0.1, 0.15) is 97.3 Å². The zero-order valence-corrected chi connectivity index (χ0v) is 60.7. The Morgan fingerprint density at radius 2 is 0.947 bits per heavy atom. The Morgan fingerprint density at radius 3 is 1.23 bits per heavy atom. The summed E-state index contributed by atoms with van der Waals surface area (Å²) in [6.45, 7) is 25.5. The van der Waals surface area contributed by atoms with E-state index >= 15 is 0 Å². The average molecular weight is 1510 g/mol. The molecule has 8 heterocycles. The maximum atomic E-state index is 11.7. The molecule has 0 aromatic carbocycles. The van der Waals surface area contributed by atoms with E-state index < -0.39 is 141 Å². The number of rotatable bonds is 6. The molecule has 0 spiro atoms. The first-order chi connectivity index (χ1) is 40.7. The number of aliphatic carboxylic acids is 2. The summed E-state index contributed by atoms with van der Waals surface area (Å²) in [5.41, 5.74) is -2.24. The van der Waals surface area contributed by atoms with Crippen LogP contribution in [0.15, 0.2) is 0 Å². The number of carboxylic acids is 2. The van der Waals surface area contributed by atoms with Crippen molar-refractivity contribution < 1.29 is 195 Å². The number of nitrogens with zero attached hydrogens (tertiary/aromatic N) is 2. The molecule has 20 atom stereocenters. The third-order valence-electron chi connectivity index (χ3n) is 14.3. The van der Waals surface area contributed by atoms with Crippen LogP contribution in [0.1, 0.15) is 144 Å². The molecular formula is C54H115BBrCl2N2NaO33+. The fourth-order valence-corrected chi connectivity index (χ4v) is 10.0. The summed E-state index contributed by atoms with van der Waals surface area (Å²) in [4.78, 5) is 40.5. The zero-order chi connectivity index (χ0) is 69.6. The van der Waals surface area contributed by atoms with E-state index in [0.29, 0.717) is 0 Å². The number of nitroso groups, excluding NO2 is 1. The van der Waals surface area contributed by atoms with Crippen LogP contribution < -0.4 is 29.6 Å². The molecule has 35 nitrogen and oxygen atoms in total. The van der Waals surface area contributed by atoms with Crippen LogP contribution in [-0.4, -0.2) is 327 Å². The first kappa shape index (κ1) is 112. The van der Waals surface area contributed by atoms with Gasteiger partial charge in [-0.2, -0.15) is 5.06 Å². The van der Waals surface area contributed by atoms with Crippen molar-refractivity contribution in [2.75, 3.05) is 39.6 Å². The van der Waals surface area contributed by atoms with Crippen LogP contribution in [0.4, 0.5) is 0 Å². The molecule has 0 saturated carbocycles. The van der Waals surface area contributed by atoms with Gasteiger partial charge in [0.15, 0.2) is 31.3 Å². The second-order valence-electron chi connectivity index (χ2n) is 23.2. The minimum atomic E-state index is -1.86. The number of fused-ring (bicyclic) bond motifs is 4. The first-order valence-corrected chi connectivity index (χ1v) is 29.3. The van der Waals surface area contributed by atoms with Gasteiger partial charge in [-0.05, 0) is 88.0 Å². The summed E-state index contributed by atoms with van der Waals surface area (Å²) in [5, 5.41) is 158. The Labute approximate surface area is 595 Å². The number of carboxylic acid groups (broad SMARTS) is 2. The minimum Gasteiger partial charge on any atom is -1.00 e. The van der Waals surface area contributed by atoms with Gasteiger partial charge >= 0.3 is 35.5 Å². The number of carbonyl (C=O) groups excluding carboxylic acids is 1. The molecule has 4 bridgehead atoms. The number of aliphatic hydroxyl groups excluding tert-OH is 13. The quantitative estimate of drug-likeness (QED) is 0.0668. The third-order valence-corrected chi connectivity index (χ3v) is 14.3. The van der Waals surface area contributed by atoms with Gasteiger partial charge in [0.05, 0.1) is 47.9 Å². The predicted octanol–water partition coefficient (Wildman–Crippen LogP) is -6.44. The molecular weight excluding hydrogens is 1390 g/mol. The molecule has 8 fully saturated rings. The molecule has 8 aliphatic heterocycles. The van der Waals surface area contributed by atoms with E-state index in [1.54, 1.807) is 20.8 Å². The van der Waals surface area contributed by atoms with Gasteiger partial charge in [-0.1, -0.05) is 7.43 Å². The second-order valence-corrected chi connectivity index (χ2v) is 23.2. The molecule has 6 unspecified atom stereocenters. The summed E-state index contributed by atoms with van der Waals surface area (Å²) in [6.07, 6.45) is -17.8. The van der Waals surface area contributed by atoms with Gasteiger partial charge in [0.2, 0.25) is 11.1 Å². The van der Waals surface area contributed by atoms with Crippen LogP contribution in [0, 0.1) is 4.91 Å². The van der Waals surface area contributed by atoms with Gasteiger partial charge in [0.25, 0.3) is 5.97 Å². The second kappa shape index (κ2) is 54.0. The maximum absolute atomic E-state index is 11.7. The van der Waals surface area contributed by atoms with Crippen molar-refractivity contribution in [1.29, 1.82) is 0 Å². The van der Waals surface area contributed by atoms with Gasteiger partial charge < -0.3 is 146 Å². The van der Waals surface area contributed by atoms with E-state index in [0.717, 1.165) is 38.9 Å². The summed E-state index contributed by atoms with van der Waals surface area (Å²) in [7, 11) is 0. The molecule has 0 amide bonds. The number of hydrogen-bond acceptors (Lipinski definition) is 30. The van der Waals surface area contributed by atoms with Crippen LogP contribution >= 0.6 is 40.5 Å². The van der Waals surface area contributed by atoms with E-state index in [-0.39, 0.29) is 125 Å². The molecule has 40 heteroatoms. The monoisotopic (exact) mass is 1500 g/mol. The van der Waals surface area contributed by atoms with E-state index in [1.807, 2.05) is 44.0 Å². The predicted molar refractivity (Wildman–Crippen MR) is 338 cm³/mol. The van der Waals surface area contributed by atoms with Crippen LogP contribution in [0.5, 0.6) is 0 Å². The van der Waals surface area contributed by atoms with E-state index in [4.69, 9.17) is 81.9 Å². The first-order valence-electron chi connectivity index (χ1n) is 28.3. The molecule has 8 rings (SSSR count). The van der Waals surface area contributed by atoms with E-state index in [9.17, 15) is 71.1 Å². The standard InChI is InChI=1S/C13H22O10.C12H18O11.C9H19NO.C9H18NO.C2H4O2.3C2H6O.C2H4O.CH4.B.BrHO.ClHO.ClH.Na.2H2O.H/c1-13(19)5(2-14)22-12(7(16)10(13)17)23-8-4-3-20-9(8)6(15)11(18)21-4;13-3-4(14)9(10(17)18)23-12(5(3)15)22-7-2-1-20-8(7)6(16)11(19)21-2;2*1-8(2)6-5-7-9(3,4)10(8)11;1-2(3)4;4*1-2-3;;;2*1-2;;;;;/h4-12,14-19H,2-3H2,1H3;2-9,11-16,19H,1H2,(H,17,18);11H,5-7H2,1-4H3;5-7H2,1-4H3;1H3,(H,3,4);3*3H,2H2,1H3;2H,1H3;1H4;;2*2H;1H;;2*1H2;/q;;;+1;;;;;;;;;;;+1;;;-1/t4?,5?,6-,7+,8-,9?,10-,11-,12+,13+;2?,3-,4+,5-,6+,7+,8?,9?,11+,12+;;;;;;;;;;;;;;;;/m10................/s1. The third kappa shape index (κ3) is 34.3. The van der Waals surface area contributed by atoms with Crippen molar-refractivity contribution in [3.8, 4) is 0 Å². The van der Waals surface area contributed by atoms with Crippen LogP contribution in [0.3, 0.4) is 0 Å². The molecule has 23 N–H and O–H groups in total. The normalized spacial score (nSPS) is 34.9. The van der Waals surface area contributed by atoms with Gasteiger partial charge in [0, 0.05) is 96.4 Å². The van der Waals surface area contributed by atoms with Crippen molar-refractivity contribution in [1.82, 2.24) is 5.06 Å². The largest absolute Gasteiger partial charge is 1.00 e. The van der Waals surface area contributed by atoms with E-state index in [1.165, 1.54) is 36.5 Å². The molecule has 3 radical (unpaired) electrons. The molecule has 0 aliphatic carbocycles. The van der Waals surface area contributed by atoms with Crippen LogP contribution in [0.25, 0.3) is 0 Å². The molecule has 94 heavy (non-hydrogen) atoms. The van der Waals surface area contributed by atoms with Crippen molar-refractivity contribution >= 4 is 67.2 Å². The summed E-state index contributed by atoms with van der Waals surface area (Å²) < 4.78 is 56.7. The van der Waals surface area contributed by atoms with Crippen molar-refractivity contribution in [2.24, 2.45) is 0 Å². The number of aliphatic hydroxyl groups is 14. The summed E-state index contributed by atoms with van der Waals surface area (Å²) in [5.74, 6) is -2.37. The van der Waals surface area contributed by atoms with Crippen molar-refractivity contribution in [3.05, 3.63) is 4.91 Å². The summed E-state index contributed by atoms with van der Waals surface area (Å²) in [6, 6.07) is 0. The number of piperidine rings is 2. The minimum absolute atomic E-state index is 0. The topological polar surface area (TPSA) is 596 Å². The summed E-state index contributed by atoms with van der Waals surface area (Å²) >= 11 is 5.58. The Hall–Kier alpha value is -0.785. The van der Waals surface area contributed by atoms with Gasteiger partial charge in [-0.3, -0.25) is 9.45 Å². The maximum Gasteiger partial charge on any atom is 1.00 e. The van der Waals surface area contributed by atoms with Gasteiger partial charge in [-0.15, -0.1) is 12.4 Å². The number of carbonyl (C=O) groups is 3. The Balaban J connectivity index is -0.000000117. The van der Waals surface area contributed by atoms with Crippen molar-refractivity contribution in [3.63, 3.8) is 0 Å². The van der Waals surface area contributed by atoms with Crippen LogP contribution in [0.2, 0.25) is 0 Å². The Kier molecular flexibility index (Phi) is 64.2. The van der Waals surface area contributed by atoms with Crippen molar-refractivity contribution in [2.45, 2.75) is 287 Å². The van der Waals surface area contributed by atoms with Crippen LogP contribution in [-0.2, 0) is 52.3 Å². The number of ether oxygens (including phenoxy) is 8. The van der Waals surface area contributed by atoms with Gasteiger partial charge in [-0.25, -0.2) is 4.79 Å². The fourth-order valence-electron chi connectivity index (χ4n) is 10.0. The fraction of sp³-hybridized carbons (Fsp3) is 0.944. The number of hydrogen-bond donors (Lipinski definition) is 19. The Bertz CT molecular complexity index is 1900. The number of halogens is 3. The number of hydroxylamine groups is 2. The zero-order valence-electron chi connectivity index (χ0n) is 56.6. The molecule has 0 aromatic heterocycles. The molecule has 8 saturated heterocycles. The smallest absolute Gasteiger partial charge is 1.00 e. The molecule has 563 valence electrons. The Morgan fingerprint density at radius 1 is 0.638 bits per heavy atom. The number of aldehydes is 1. The average Bonchev–Trinajstić information content (AvgIpc) is 1.76.